The fourth-order valence-corrected chi connectivity index (χ4v) is 3.11. The number of para-hydroxylation sites is 1. The zero-order valence-corrected chi connectivity index (χ0v) is 14.3. The number of nitrogens with two attached hydrogens (primary N) is 1. The molecular weight excluding hydrogens is 330 g/mol. The van der Waals surface area contributed by atoms with E-state index in [1.807, 2.05) is 60.7 Å². The lowest BCUT2D eigenvalue weighted by Crippen LogP contribution is -2.15. The summed E-state index contributed by atoms with van der Waals surface area (Å²) in [5.74, 6) is 0.683. The van der Waals surface area contributed by atoms with Crippen LogP contribution in [0.25, 0.3) is 5.70 Å². The Morgan fingerprint density at radius 1 is 1.26 bits per heavy atom. The van der Waals surface area contributed by atoms with Crippen LogP contribution in [0.15, 0.2) is 52.5 Å². The van der Waals surface area contributed by atoms with Crippen LogP contribution < -0.4 is 16.0 Å². The Balaban J connectivity index is 1.97. The second kappa shape index (κ2) is 6.52. The lowest BCUT2D eigenvalue weighted by atomic mass is 10.2. The molecular formula is C16H16ClN5S. The minimum atomic E-state index is 0.163. The Labute approximate surface area is 144 Å². The predicted octanol–water partition coefficient (Wildman–Crippen LogP) is 3.68. The molecule has 7 heteroatoms. The van der Waals surface area contributed by atoms with Gasteiger partial charge in [0.2, 0.25) is 5.28 Å². The van der Waals surface area contributed by atoms with E-state index in [-0.39, 0.29) is 5.28 Å². The maximum Gasteiger partial charge on any atom is 0.224 e. The first-order valence-electron chi connectivity index (χ1n) is 6.98. The molecule has 0 saturated heterocycles. The molecule has 2 aromatic rings. The van der Waals surface area contributed by atoms with Crippen molar-refractivity contribution in [3.8, 4) is 0 Å². The van der Waals surface area contributed by atoms with Gasteiger partial charge >= 0.3 is 0 Å². The van der Waals surface area contributed by atoms with Gasteiger partial charge in [0.05, 0.1) is 11.4 Å². The van der Waals surface area contributed by atoms with E-state index in [2.05, 4.69) is 15.3 Å². The molecule has 2 heterocycles. The third-order valence-corrected chi connectivity index (χ3v) is 4.56. The number of halogens is 1. The van der Waals surface area contributed by atoms with Crippen molar-refractivity contribution < 1.29 is 0 Å². The molecule has 0 saturated carbocycles. The highest BCUT2D eigenvalue weighted by Crippen LogP contribution is 2.30. The molecule has 5 nitrogen and oxygen atoms in total. The summed E-state index contributed by atoms with van der Waals surface area (Å²) in [7, 11) is 1.93. The lowest BCUT2D eigenvalue weighted by Gasteiger charge is -2.19. The number of aromatic nitrogens is 2. The van der Waals surface area contributed by atoms with E-state index in [0.717, 1.165) is 16.4 Å². The average Bonchev–Trinajstić information content (AvgIpc) is 3.00. The van der Waals surface area contributed by atoms with Gasteiger partial charge in [0, 0.05) is 24.5 Å². The standard InChI is InChI=1S/C16H16ClN5S/c1-10-9-23-15(19-10)14(18)12-8-13(21-16(17)20-12)22(2)11-6-4-3-5-7-11/h3-9,19H,18H2,1-2H3/b15-14+. The topological polar surface area (TPSA) is 67.1 Å². The molecule has 0 spiro atoms. The predicted molar refractivity (Wildman–Crippen MR) is 97.1 cm³/mol. The first kappa shape index (κ1) is 15.7. The van der Waals surface area contributed by atoms with Gasteiger partial charge in [0.15, 0.2) is 0 Å². The Kier molecular flexibility index (Phi) is 4.45. The van der Waals surface area contributed by atoms with Crippen molar-refractivity contribution in [3.05, 3.63) is 63.5 Å². The number of hydrogen-bond donors (Lipinski definition) is 2. The number of rotatable bonds is 3. The number of anilines is 2. The van der Waals surface area contributed by atoms with E-state index in [1.54, 1.807) is 0 Å². The fourth-order valence-electron chi connectivity index (χ4n) is 2.13. The molecule has 1 aromatic heterocycles. The van der Waals surface area contributed by atoms with Crippen LogP contribution in [0.4, 0.5) is 11.5 Å². The lowest BCUT2D eigenvalue weighted by molar-refractivity contribution is 1.04. The summed E-state index contributed by atoms with van der Waals surface area (Å²) < 4.78 is 0. The van der Waals surface area contributed by atoms with Crippen molar-refractivity contribution in [3.63, 3.8) is 0 Å². The molecule has 0 amide bonds. The molecule has 1 aliphatic rings. The minimum absolute atomic E-state index is 0.163. The molecule has 118 valence electrons. The van der Waals surface area contributed by atoms with Gasteiger partial charge in [-0.1, -0.05) is 30.0 Å². The smallest absolute Gasteiger partial charge is 0.224 e. The summed E-state index contributed by atoms with van der Waals surface area (Å²) in [4.78, 5) is 10.5. The van der Waals surface area contributed by atoms with Crippen LogP contribution in [0.3, 0.4) is 0 Å². The number of benzene rings is 1. The minimum Gasteiger partial charge on any atom is -0.395 e. The normalized spacial score (nSPS) is 15.9. The summed E-state index contributed by atoms with van der Waals surface area (Å²) in [5.41, 5.74) is 9.44. The maximum atomic E-state index is 6.23. The molecule has 0 radical (unpaired) electrons. The van der Waals surface area contributed by atoms with Crippen LogP contribution >= 0.6 is 23.4 Å². The van der Waals surface area contributed by atoms with Gasteiger partial charge in [-0.05, 0) is 36.1 Å². The van der Waals surface area contributed by atoms with Crippen molar-refractivity contribution in [2.24, 2.45) is 5.73 Å². The number of thioether (sulfide) groups is 1. The molecule has 0 atom stereocenters. The molecule has 1 aromatic carbocycles. The maximum absolute atomic E-state index is 6.23. The van der Waals surface area contributed by atoms with Crippen molar-refractivity contribution in [2.75, 3.05) is 11.9 Å². The first-order valence-corrected chi connectivity index (χ1v) is 8.24. The number of nitrogens with zero attached hydrogens (tertiary/aromatic N) is 3. The van der Waals surface area contributed by atoms with Crippen molar-refractivity contribution in [1.29, 1.82) is 0 Å². The van der Waals surface area contributed by atoms with Gasteiger partial charge in [-0.3, -0.25) is 0 Å². The van der Waals surface area contributed by atoms with Crippen LogP contribution in [0, 0.1) is 0 Å². The Hall–Kier alpha value is -2.18. The van der Waals surface area contributed by atoms with Crippen LogP contribution in [-0.2, 0) is 0 Å². The number of hydrogen-bond acceptors (Lipinski definition) is 6. The molecule has 0 fully saturated rings. The molecule has 3 N–H and O–H groups in total. The highest BCUT2D eigenvalue weighted by molar-refractivity contribution is 8.06. The zero-order valence-electron chi connectivity index (χ0n) is 12.7. The molecule has 23 heavy (non-hydrogen) atoms. The average molecular weight is 346 g/mol. The number of nitrogens with one attached hydrogen (secondary N) is 1. The van der Waals surface area contributed by atoms with Crippen LogP contribution in [0.1, 0.15) is 12.6 Å². The molecule has 0 bridgehead atoms. The van der Waals surface area contributed by atoms with Crippen LogP contribution in [0.5, 0.6) is 0 Å². The first-order chi connectivity index (χ1) is 11.0. The van der Waals surface area contributed by atoms with Gasteiger partial charge in [-0.25, -0.2) is 9.97 Å². The van der Waals surface area contributed by atoms with E-state index in [0.29, 0.717) is 17.2 Å². The third kappa shape index (κ3) is 3.43. The van der Waals surface area contributed by atoms with Crippen LogP contribution in [-0.4, -0.2) is 17.0 Å². The van der Waals surface area contributed by atoms with Gasteiger partial charge in [-0.2, -0.15) is 0 Å². The molecule has 0 aliphatic carbocycles. The van der Waals surface area contributed by atoms with Crippen molar-refractivity contribution in [2.45, 2.75) is 6.92 Å². The highest BCUT2D eigenvalue weighted by Gasteiger charge is 2.16. The molecule has 3 rings (SSSR count). The summed E-state index contributed by atoms with van der Waals surface area (Å²) in [6, 6.07) is 11.7. The fraction of sp³-hybridized carbons (Fsp3) is 0.125. The van der Waals surface area contributed by atoms with Gasteiger partial charge in [0.25, 0.3) is 0 Å². The summed E-state index contributed by atoms with van der Waals surface area (Å²) >= 11 is 7.63. The second-order valence-electron chi connectivity index (χ2n) is 5.06. The second-order valence-corrected chi connectivity index (χ2v) is 6.28. The van der Waals surface area contributed by atoms with Crippen molar-refractivity contribution >= 4 is 40.6 Å². The Bertz CT molecular complexity index is 788. The summed E-state index contributed by atoms with van der Waals surface area (Å²) in [5, 5.41) is 6.23. The largest absolute Gasteiger partial charge is 0.395 e. The van der Waals surface area contributed by atoms with E-state index >= 15 is 0 Å². The van der Waals surface area contributed by atoms with Crippen molar-refractivity contribution in [1.82, 2.24) is 15.3 Å². The molecule has 1 aliphatic heterocycles. The SMILES string of the molecule is CC1=CS/C(=C(/N)c2cc(N(C)c3ccccc3)nc(Cl)n2)N1. The monoisotopic (exact) mass is 345 g/mol. The van der Waals surface area contributed by atoms with E-state index in [4.69, 9.17) is 17.3 Å². The van der Waals surface area contributed by atoms with E-state index in [9.17, 15) is 0 Å². The third-order valence-electron chi connectivity index (χ3n) is 3.36. The van der Waals surface area contributed by atoms with Crippen LogP contribution in [0.2, 0.25) is 5.28 Å². The number of allylic oxidation sites excluding steroid dienone is 1. The molecule has 0 unspecified atom stereocenters. The quantitative estimate of drug-likeness (QED) is 0.827. The summed E-state index contributed by atoms with van der Waals surface area (Å²) in [6.07, 6.45) is 0. The Morgan fingerprint density at radius 2 is 2.00 bits per heavy atom. The summed E-state index contributed by atoms with van der Waals surface area (Å²) in [6.45, 7) is 1.98. The van der Waals surface area contributed by atoms with Gasteiger partial charge in [0.1, 0.15) is 10.8 Å². The van der Waals surface area contributed by atoms with Gasteiger partial charge < -0.3 is 16.0 Å². The zero-order chi connectivity index (χ0) is 16.4. The van der Waals surface area contributed by atoms with Gasteiger partial charge in [-0.15, -0.1) is 0 Å². The highest BCUT2D eigenvalue weighted by atomic mass is 35.5. The van der Waals surface area contributed by atoms with E-state index < -0.39 is 0 Å². The Morgan fingerprint density at radius 3 is 2.65 bits per heavy atom. The van der Waals surface area contributed by atoms with E-state index in [1.165, 1.54) is 11.8 Å².